The monoisotopic (exact) mass is 330 g/mol. The minimum Gasteiger partial charge on any atom is -0.410 e. The van der Waals surface area contributed by atoms with Gasteiger partial charge in [0.1, 0.15) is 5.83 Å². The van der Waals surface area contributed by atoms with Crippen molar-refractivity contribution in [2.75, 3.05) is 5.32 Å². The molecule has 0 aliphatic rings. The number of nitrogens with zero attached hydrogens (tertiary/aromatic N) is 2. The summed E-state index contributed by atoms with van der Waals surface area (Å²) in [6.45, 7) is 6.45. The summed E-state index contributed by atoms with van der Waals surface area (Å²) < 4.78 is 12.9. The van der Waals surface area contributed by atoms with Crippen LogP contribution in [0.3, 0.4) is 0 Å². The summed E-state index contributed by atoms with van der Waals surface area (Å²) in [4.78, 5) is 12.1. The van der Waals surface area contributed by atoms with E-state index >= 15 is 0 Å². The quantitative estimate of drug-likeness (QED) is 0.310. The van der Waals surface area contributed by atoms with Crippen molar-refractivity contribution in [1.82, 2.24) is 5.43 Å². The summed E-state index contributed by atoms with van der Waals surface area (Å²) in [5, 5.41) is 18.5. The molecule has 1 amide bonds. The Morgan fingerprint density at radius 1 is 1.25 bits per heavy atom. The molecule has 0 bridgehead atoms. The normalized spacial score (nSPS) is 13.5. The van der Waals surface area contributed by atoms with Crippen LogP contribution in [0.2, 0.25) is 0 Å². The maximum Gasteiger partial charge on any atom is 0.279 e. The number of nitrogens with one attached hydrogen (secondary N) is 2. The Kier molecular flexibility index (Phi) is 7.63. The Morgan fingerprint density at radius 3 is 2.50 bits per heavy atom. The van der Waals surface area contributed by atoms with Crippen LogP contribution >= 0.6 is 0 Å². The number of benzene rings is 1. The van der Waals surface area contributed by atoms with Crippen LogP contribution in [0.1, 0.15) is 13.8 Å². The molecule has 0 atom stereocenters. The van der Waals surface area contributed by atoms with Gasteiger partial charge in [-0.15, -0.1) is 0 Å². The molecule has 0 saturated heterocycles. The number of hydrogen-bond donors (Lipinski definition) is 3. The molecule has 0 spiro atoms. The molecule has 0 heterocycles. The number of para-hydroxylation sites is 1. The molecule has 24 heavy (non-hydrogen) atoms. The molecule has 0 fully saturated rings. The van der Waals surface area contributed by atoms with E-state index in [1.807, 2.05) is 6.07 Å². The standard InChI is InChI=1S/C17H19FN4O2/c1-4-14(18)11-10-12(2)20-21-13(3)16(22-24)17(23)19-15-8-6-5-7-9-15/h4-11,20,24H,1H2,2-3H3,(H,19,23)/b12-10+,14-11+,21-13+,22-16+. The van der Waals surface area contributed by atoms with Gasteiger partial charge in [0.25, 0.3) is 5.91 Å². The second-order valence-corrected chi connectivity index (χ2v) is 4.68. The van der Waals surface area contributed by atoms with Crippen LogP contribution in [0.4, 0.5) is 10.1 Å². The fraction of sp³-hybridized carbons (Fsp3) is 0.118. The highest BCUT2D eigenvalue weighted by Crippen LogP contribution is 2.05. The molecule has 1 aromatic carbocycles. The smallest absolute Gasteiger partial charge is 0.279 e. The molecule has 6 nitrogen and oxygen atoms in total. The maximum absolute atomic E-state index is 12.9. The Hall–Kier alpha value is -3.22. The third-order valence-electron chi connectivity index (χ3n) is 2.78. The summed E-state index contributed by atoms with van der Waals surface area (Å²) in [6, 6.07) is 8.73. The largest absolute Gasteiger partial charge is 0.410 e. The summed E-state index contributed by atoms with van der Waals surface area (Å²) >= 11 is 0. The highest BCUT2D eigenvalue weighted by Gasteiger charge is 2.16. The zero-order valence-corrected chi connectivity index (χ0v) is 13.5. The third kappa shape index (κ3) is 6.27. The topological polar surface area (TPSA) is 86.1 Å². The number of hydrogen-bond acceptors (Lipinski definition) is 5. The van der Waals surface area contributed by atoms with E-state index in [1.165, 1.54) is 19.1 Å². The first-order valence-electron chi connectivity index (χ1n) is 7.03. The minimum absolute atomic E-state index is 0.159. The lowest BCUT2D eigenvalue weighted by molar-refractivity contribution is -0.110. The fourth-order valence-electron chi connectivity index (χ4n) is 1.53. The van der Waals surface area contributed by atoms with Gasteiger partial charge >= 0.3 is 0 Å². The molecule has 0 aliphatic heterocycles. The predicted octanol–water partition coefficient (Wildman–Crippen LogP) is 3.36. The van der Waals surface area contributed by atoms with Gasteiger partial charge in [-0.05, 0) is 44.2 Å². The first-order valence-corrected chi connectivity index (χ1v) is 7.03. The van der Waals surface area contributed by atoms with Crippen LogP contribution in [0.5, 0.6) is 0 Å². The van der Waals surface area contributed by atoms with E-state index in [1.54, 1.807) is 31.2 Å². The number of carbonyl (C=O) groups excluding carboxylic acids is 1. The lowest BCUT2D eigenvalue weighted by Crippen LogP contribution is -2.29. The third-order valence-corrected chi connectivity index (χ3v) is 2.78. The van der Waals surface area contributed by atoms with Gasteiger partial charge in [-0.3, -0.25) is 10.2 Å². The Bertz CT molecular complexity index is 707. The van der Waals surface area contributed by atoms with Crippen molar-refractivity contribution in [2.24, 2.45) is 10.3 Å². The van der Waals surface area contributed by atoms with Gasteiger partial charge in [0.15, 0.2) is 5.71 Å². The van der Waals surface area contributed by atoms with E-state index in [-0.39, 0.29) is 11.4 Å². The highest BCUT2D eigenvalue weighted by molar-refractivity contribution is 6.68. The summed E-state index contributed by atoms with van der Waals surface area (Å²) in [5.41, 5.74) is 3.62. The summed E-state index contributed by atoms with van der Waals surface area (Å²) in [6.07, 6.45) is 3.74. The molecule has 1 aromatic rings. The summed E-state index contributed by atoms with van der Waals surface area (Å²) in [7, 11) is 0. The average Bonchev–Trinajstić information content (AvgIpc) is 2.59. The Balaban J connectivity index is 2.77. The van der Waals surface area contributed by atoms with Crippen LogP contribution in [-0.2, 0) is 4.79 Å². The number of hydrazone groups is 1. The lowest BCUT2D eigenvalue weighted by atomic mass is 10.2. The number of oxime groups is 1. The van der Waals surface area contributed by atoms with E-state index < -0.39 is 11.7 Å². The zero-order valence-electron chi connectivity index (χ0n) is 13.5. The van der Waals surface area contributed by atoms with Crippen molar-refractivity contribution >= 4 is 23.0 Å². The van der Waals surface area contributed by atoms with E-state index in [0.29, 0.717) is 11.4 Å². The number of carbonyl (C=O) groups is 1. The molecule has 0 aromatic heterocycles. The number of anilines is 1. The molecule has 0 unspecified atom stereocenters. The number of amides is 1. The van der Waals surface area contributed by atoms with E-state index in [2.05, 4.69) is 27.6 Å². The number of halogens is 1. The lowest BCUT2D eigenvalue weighted by Gasteiger charge is -2.07. The molecule has 1 rings (SSSR count). The number of rotatable bonds is 7. The highest BCUT2D eigenvalue weighted by atomic mass is 19.1. The van der Waals surface area contributed by atoms with Crippen molar-refractivity contribution < 1.29 is 14.4 Å². The maximum atomic E-state index is 12.9. The Labute approximate surface area is 139 Å². The van der Waals surface area contributed by atoms with Crippen LogP contribution in [0.15, 0.2) is 76.9 Å². The van der Waals surface area contributed by atoms with Crippen LogP contribution in [0, 0.1) is 0 Å². The van der Waals surface area contributed by atoms with Crippen molar-refractivity contribution in [2.45, 2.75) is 13.8 Å². The van der Waals surface area contributed by atoms with Gasteiger partial charge < -0.3 is 10.5 Å². The van der Waals surface area contributed by atoms with Gasteiger partial charge in [0.05, 0.1) is 5.71 Å². The minimum atomic E-state index is -0.606. The van der Waals surface area contributed by atoms with Crippen LogP contribution in [-0.4, -0.2) is 22.5 Å². The van der Waals surface area contributed by atoms with Gasteiger partial charge in [0.2, 0.25) is 0 Å². The molecule has 0 saturated carbocycles. The van der Waals surface area contributed by atoms with Crippen molar-refractivity contribution in [3.63, 3.8) is 0 Å². The van der Waals surface area contributed by atoms with Gasteiger partial charge in [-0.25, -0.2) is 4.39 Å². The SMILES string of the molecule is C=C/C(F)=C\C=C(/C)N/N=C(C)/C(=N\O)C(=O)Nc1ccccc1. The van der Waals surface area contributed by atoms with Crippen molar-refractivity contribution in [1.29, 1.82) is 0 Å². The van der Waals surface area contributed by atoms with E-state index in [9.17, 15) is 9.18 Å². The van der Waals surface area contributed by atoms with E-state index in [0.717, 1.165) is 6.08 Å². The van der Waals surface area contributed by atoms with Crippen LogP contribution in [0.25, 0.3) is 0 Å². The molecular weight excluding hydrogens is 311 g/mol. The first kappa shape index (κ1) is 18.8. The number of allylic oxidation sites excluding steroid dienone is 5. The van der Waals surface area contributed by atoms with Gasteiger partial charge in [-0.1, -0.05) is 29.9 Å². The molecule has 7 heteroatoms. The van der Waals surface area contributed by atoms with Gasteiger partial charge in [-0.2, -0.15) is 5.10 Å². The van der Waals surface area contributed by atoms with E-state index in [4.69, 9.17) is 5.21 Å². The van der Waals surface area contributed by atoms with Crippen LogP contribution < -0.4 is 10.7 Å². The molecular formula is C17H19FN4O2. The first-order chi connectivity index (χ1) is 11.5. The second-order valence-electron chi connectivity index (χ2n) is 4.68. The average molecular weight is 330 g/mol. The molecule has 126 valence electrons. The second kappa shape index (κ2) is 9.73. The zero-order chi connectivity index (χ0) is 17.9. The summed E-state index contributed by atoms with van der Waals surface area (Å²) in [5.74, 6) is -1.09. The predicted molar refractivity (Wildman–Crippen MR) is 93.7 cm³/mol. The van der Waals surface area contributed by atoms with Gasteiger partial charge in [0, 0.05) is 11.4 Å². The van der Waals surface area contributed by atoms with Crippen molar-refractivity contribution in [3.05, 3.63) is 66.7 Å². The Morgan fingerprint density at radius 2 is 1.92 bits per heavy atom. The molecule has 0 aliphatic carbocycles. The fourth-order valence-corrected chi connectivity index (χ4v) is 1.53. The molecule has 3 N–H and O–H groups in total. The van der Waals surface area contributed by atoms with Crippen molar-refractivity contribution in [3.8, 4) is 0 Å². The molecule has 0 radical (unpaired) electrons.